The molecular weight excluding hydrogens is 304 g/mol. The maximum absolute atomic E-state index is 11.6. The molecule has 10 heteroatoms. The third-order valence-electron chi connectivity index (χ3n) is 2.80. The standard InChI is InChI=1S/C13H14N6O4/c1-2-23-13(20)8-3-5-9(6-4-8)17-11-10(19(21)22)12(18-14)16-7-15-11/h3-7H,2,14H2,1H3,(H2,15,16,17,18). The summed E-state index contributed by atoms with van der Waals surface area (Å²) in [5.74, 6) is 4.62. The second-order valence-electron chi connectivity index (χ2n) is 4.24. The van der Waals surface area contributed by atoms with E-state index >= 15 is 0 Å². The molecule has 4 N–H and O–H groups in total. The van der Waals surface area contributed by atoms with Gasteiger partial charge in [0, 0.05) is 5.69 Å². The normalized spacial score (nSPS) is 10.0. The summed E-state index contributed by atoms with van der Waals surface area (Å²) in [6.45, 7) is 1.99. The van der Waals surface area contributed by atoms with Gasteiger partial charge in [-0.25, -0.2) is 20.6 Å². The van der Waals surface area contributed by atoms with Crippen LogP contribution in [0.5, 0.6) is 0 Å². The van der Waals surface area contributed by atoms with Crippen molar-refractivity contribution in [3.05, 3.63) is 46.3 Å². The largest absolute Gasteiger partial charge is 0.462 e. The van der Waals surface area contributed by atoms with Crippen LogP contribution in [0, 0.1) is 10.1 Å². The molecule has 1 aromatic carbocycles. The van der Waals surface area contributed by atoms with Gasteiger partial charge in [0.05, 0.1) is 17.1 Å². The zero-order chi connectivity index (χ0) is 16.8. The summed E-state index contributed by atoms with van der Waals surface area (Å²) in [6, 6.07) is 6.23. The number of benzene rings is 1. The van der Waals surface area contributed by atoms with Crippen molar-refractivity contribution in [2.24, 2.45) is 5.84 Å². The van der Waals surface area contributed by atoms with E-state index in [9.17, 15) is 14.9 Å². The Morgan fingerprint density at radius 2 is 1.96 bits per heavy atom. The molecule has 0 saturated heterocycles. The number of rotatable bonds is 6. The number of hydrogen-bond donors (Lipinski definition) is 3. The summed E-state index contributed by atoms with van der Waals surface area (Å²) >= 11 is 0. The number of nitrogens with zero attached hydrogens (tertiary/aromatic N) is 3. The van der Waals surface area contributed by atoms with Crippen LogP contribution in [0.4, 0.5) is 23.0 Å². The minimum absolute atomic E-state index is 0.0261. The lowest BCUT2D eigenvalue weighted by atomic mass is 10.2. The fourth-order valence-electron chi connectivity index (χ4n) is 1.79. The van der Waals surface area contributed by atoms with Crippen LogP contribution in [0.25, 0.3) is 0 Å². The highest BCUT2D eigenvalue weighted by atomic mass is 16.6. The van der Waals surface area contributed by atoms with Gasteiger partial charge < -0.3 is 15.5 Å². The Hall–Kier alpha value is -3.27. The van der Waals surface area contributed by atoms with Gasteiger partial charge in [-0.1, -0.05) is 0 Å². The number of carbonyl (C=O) groups is 1. The summed E-state index contributed by atoms with van der Waals surface area (Å²) in [5.41, 5.74) is 2.64. The number of nitrogens with two attached hydrogens (primary N) is 1. The Kier molecular flexibility index (Phi) is 5.00. The van der Waals surface area contributed by atoms with Crippen LogP contribution in [0.2, 0.25) is 0 Å². The molecule has 0 bridgehead atoms. The molecule has 0 unspecified atom stereocenters. The molecule has 10 nitrogen and oxygen atoms in total. The van der Waals surface area contributed by atoms with Crippen LogP contribution in [0.3, 0.4) is 0 Å². The van der Waals surface area contributed by atoms with E-state index in [1.165, 1.54) is 12.1 Å². The molecule has 0 atom stereocenters. The van der Waals surface area contributed by atoms with Crippen molar-refractivity contribution in [1.82, 2.24) is 9.97 Å². The highest BCUT2D eigenvalue weighted by Gasteiger charge is 2.22. The highest BCUT2D eigenvalue weighted by Crippen LogP contribution is 2.30. The lowest BCUT2D eigenvalue weighted by molar-refractivity contribution is -0.383. The number of nitrogen functional groups attached to an aromatic ring is 1. The third kappa shape index (κ3) is 3.68. The molecule has 0 aliphatic heterocycles. The van der Waals surface area contributed by atoms with E-state index in [1.54, 1.807) is 19.1 Å². The molecule has 0 spiro atoms. The minimum atomic E-state index is -0.648. The van der Waals surface area contributed by atoms with Gasteiger partial charge in [-0.2, -0.15) is 0 Å². The number of nitrogens with one attached hydrogen (secondary N) is 2. The fourth-order valence-corrected chi connectivity index (χ4v) is 1.79. The lowest BCUT2D eigenvalue weighted by Gasteiger charge is -2.08. The van der Waals surface area contributed by atoms with E-state index in [-0.39, 0.29) is 23.9 Å². The monoisotopic (exact) mass is 318 g/mol. The maximum atomic E-state index is 11.6. The van der Waals surface area contributed by atoms with Crippen LogP contribution in [-0.4, -0.2) is 27.5 Å². The number of ether oxygens (including phenoxy) is 1. The Morgan fingerprint density at radius 1 is 1.30 bits per heavy atom. The lowest BCUT2D eigenvalue weighted by Crippen LogP contribution is -2.12. The van der Waals surface area contributed by atoms with Crippen molar-refractivity contribution in [3.8, 4) is 0 Å². The maximum Gasteiger partial charge on any atom is 0.354 e. The number of hydrogen-bond acceptors (Lipinski definition) is 9. The van der Waals surface area contributed by atoms with Gasteiger partial charge in [0.25, 0.3) is 0 Å². The number of carbonyl (C=O) groups excluding carboxylic acids is 1. The highest BCUT2D eigenvalue weighted by molar-refractivity contribution is 5.90. The van der Waals surface area contributed by atoms with E-state index in [0.717, 1.165) is 6.33 Å². The van der Waals surface area contributed by atoms with Gasteiger partial charge in [0.2, 0.25) is 11.6 Å². The molecule has 0 aliphatic carbocycles. The first kappa shape index (κ1) is 16.1. The number of hydrazine groups is 1. The Morgan fingerprint density at radius 3 is 2.52 bits per heavy atom. The van der Waals surface area contributed by atoms with Crippen LogP contribution in [0.1, 0.15) is 17.3 Å². The first-order chi connectivity index (χ1) is 11.1. The van der Waals surface area contributed by atoms with E-state index < -0.39 is 10.9 Å². The second-order valence-corrected chi connectivity index (χ2v) is 4.24. The predicted octanol–water partition coefficient (Wildman–Crippen LogP) is 1.59. The SMILES string of the molecule is CCOC(=O)c1ccc(Nc2ncnc(NN)c2[N+](=O)[O-])cc1. The first-order valence-electron chi connectivity index (χ1n) is 6.57. The average Bonchev–Trinajstić information content (AvgIpc) is 2.55. The molecule has 1 aromatic heterocycles. The minimum Gasteiger partial charge on any atom is -0.462 e. The molecule has 0 radical (unpaired) electrons. The zero-order valence-electron chi connectivity index (χ0n) is 12.1. The van der Waals surface area contributed by atoms with Gasteiger partial charge in [0.15, 0.2) is 0 Å². The van der Waals surface area contributed by atoms with Crippen molar-refractivity contribution in [1.29, 1.82) is 0 Å². The Bertz CT molecular complexity index is 719. The van der Waals surface area contributed by atoms with Gasteiger partial charge in [-0.05, 0) is 31.2 Å². The molecule has 0 aliphatic rings. The fraction of sp³-hybridized carbons (Fsp3) is 0.154. The van der Waals surface area contributed by atoms with Crippen LogP contribution >= 0.6 is 0 Å². The summed E-state index contributed by atoms with van der Waals surface area (Å²) < 4.78 is 4.88. The molecule has 0 amide bonds. The predicted molar refractivity (Wildman–Crippen MR) is 82.2 cm³/mol. The second kappa shape index (κ2) is 7.13. The van der Waals surface area contributed by atoms with Crippen molar-refractivity contribution in [2.75, 3.05) is 17.3 Å². The van der Waals surface area contributed by atoms with Crippen molar-refractivity contribution >= 4 is 29.0 Å². The first-order valence-corrected chi connectivity index (χ1v) is 6.57. The smallest absolute Gasteiger partial charge is 0.354 e. The molecule has 120 valence electrons. The molecule has 2 rings (SSSR count). The van der Waals surface area contributed by atoms with Crippen molar-refractivity contribution in [3.63, 3.8) is 0 Å². The topological polar surface area (TPSA) is 145 Å². The molecule has 1 heterocycles. The van der Waals surface area contributed by atoms with E-state index in [4.69, 9.17) is 10.6 Å². The summed E-state index contributed by atoms with van der Waals surface area (Å²) in [5, 5.41) is 13.9. The zero-order valence-corrected chi connectivity index (χ0v) is 12.1. The van der Waals surface area contributed by atoms with Gasteiger partial charge in [-0.3, -0.25) is 10.1 Å². The van der Waals surface area contributed by atoms with E-state index in [2.05, 4.69) is 20.7 Å². The number of anilines is 3. The van der Waals surface area contributed by atoms with Gasteiger partial charge >= 0.3 is 11.7 Å². The third-order valence-corrected chi connectivity index (χ3v) is 2.80. The van der Waals surface area contributed by atoms with E-state index in [0.29, 0.717) is 11.3 Å². The quantitative estimate of drug-likeness (QED) is 0.313. The Labute approximate surface area is 130 Å². The van der Waals surface area contributed by atoms with Gasteiger partial charge in [0.1, 0.15) is 6.33 Å². The summed E-state index contributed by atoms with van der Waals surface area (Å²) in [7, 11) is 0. The molecule has 23 heavy (non-hydrogen) atoms. The Balaban J connectivity index is 2.26. The number of aromatic nitrogens is 2. The van der Waals surface area contributed by atoms with Crippen molar-refractivity contribution < 1.29 is 14.5 Å². The number of esters is 1. The summed E-state index contributed by atoms with van der Waals surface area (Å²) in [4.78, 5) is 29.6. The van der Waals surface area contributed by atoms with Crippen molar-refractivity contribution in [2.45, 2.75) is 6.92 Å². The molecule has 0 fully saturated rings. The number of nitro groups is 1. The van der Waals surface area contributed by atoms with Crippen LogP contribution < -0.4 is 16.6 Å². The average molecular weight is 318 g/mol. The molecule has 0 saturated carbocycles. The van der Waals surface area contributed by atoms with E-state index in [1.807, 2.05) is 0 Å². The molecular formula is C13H14N6O4. The van der Waals surface area contributed by atoms with Gasteiger partial charge in [-0.15, -0.1) is 0 Å². The van der Waals surface area contributed by atoms with Crippen LogP contribution in [-0.2, 0) is 4.74 Å². The molecule has 2 aromatic rings. The summed E-state index contributed by atoms with van der Waals surface area (Å²) in [6.07, 6.45) is 1.14. The van der Waals surface area contributed by atoms with Crippen LogP contribution in [0.15, 0.2) is 30.6 Å².